The average Bonchev–Trinajstić information content (AvgIpc) is 3.39. The average molecular weight is 1170 g/mol. The minimum absolute atomic E-state index is 0.0551. The number of carboxylic acids is 1. The summed E-state index contributed by atoms with van der Waals surface area (Å²) in [5.41, 5.74) is 29.0. The molecule has 25 nitrogen and oxygen atoms in total. The van der Waals surface area contributed by atoms with Crippen LogP contribution in [0.1, 0.15) is 179 Å². The number of aliphatic carboxylic acids is 1. The lowest BCUT2D eigenvalue weighted by Crippen LogP contribution is -2.61. The van der Waals surface area contributed by atoms with E-state index >= 15 is 0 Å². The zero-order valence-corrected chi connectivity index (χ0v) is 51.6. The highest BCUT2D eigenvalue weighted by atomic mass is 16.4. The molecule has 0 aromatic carbocycles. The Morgan fingerprint density at radius 1 is 0.305 bits per heavy atom. The largest absolute Gasteiger partial charge is 0.480 e. The van der Waals surface area contributed by atoms with Gasteiger partial charge in [-0.15, -0.1) is 0 Å². The standard InChI is InChI=1S/C57H110N14O11/c1-32(2)29-42(66-55(79)45(35(7)8)69-48(72)38(62)21-13-17-25-58)52(76)64-41(24-16-20-28-61)51(75)71-47(37(11)12)56(80)67-43(30-33(3)4)53(77)63-40(23-15-19-27-60)50(74)70-46(36(9)10)54(78)65-39(22-14-18-26-59)49(73)68-44(57(81)82)31-34(5)6/h32-47H,13-31,58-62H2,1-12H3,(H,63,77)(H,64,76)(H,65,78)(H,66,79)(H,67,80)(H,68,73)(H,69,72)(H,70,74)(H,71,75)(H,81,82)/t38-,39-,40-,41-,42-,43-,44-,45-,46-,47-/m0/s1. The van der Waals surface area contributed by atoms with E-state index in [0.717, 1.165) is 0 Å². The third-order valence-electron chi connectivity index (χ3n) is 13.8. The second-order valence-electron chi connectivity index (χ2n) is 24.0. The number of carbonyl (C=O) groups is 10. The molecule has 20 N–H and O–H groups in total. The van der Waals surface area contributed by atoms with Crippen LogP contribution in [0.5, 0.6) is 0 Å². The van der Waals surface area contributed by atoms with Gasteiger partial charge in [0.1, 0.15) is 54.4 Å². The van der Waals surface area contributed by atoms with Crippen molar-refractivity contribution in [1.29, 1.82) is 0 Å². The summed E-state index contributed by atoms with van der Waals surface area (Å²) in [6.07, 6.45) is 5.30. The van der Waals surface area contributed by atoms with Crippen molar-refractivity contribution in [3.05, 3.63) is 0 Å². The number of rotatable bonds is 44. The summed E-state index contributed by atoms with van der Waals surface area (Å²) in [5, 5.41) is 34.5. The highest BCUT2D eigenvalue weighted by Gasteiger charge is 2.37. The zero-order valence-electron chi connectivity index (χ0n) is 51.6. The van der Waals surface area contributed by atoms with Gasteiger partial charge in [0.15, 0.2) is 0 Å². The summed E-state index contributed by atoms with van der Waals surface area (Å²) in [5.74, 6) is -9.03. The SMILES string of the molecule is CC(C)C[C@H](NC(=O)[C@H](CCCCN)NC(=O)[C@@H](NC(=O)[C@H](CCCCN)NC(=O)[C@H](CC(C)C)NC(=O)[C@@H](NC(=O)[C@H](CCCCN)NC(=O)[C@H](CC(C)C)NC(=O)[C@@H](NC(=O)[C@@H](N)CCCCN)C(C)C)C(C)C)C(C)C)C(=O)O. The molecule has 0 heterocycles. The van der Waals surface area contributed by atoms with E-state index in [1.165, 1.54) is 0 Å². The van der Waals surface area contributed by atoms with Crippen LogP contribution in [0.4, 0.5) is 0 Å². The molecule has 0 unspecified atom stereocenters. The van der Waals surface area contributed by atoms with Gasteiger partial charge in [-0.3, -0.25) is 43.2 Å². The van der Waals surface area contributed by atoms with Gasteiger partial charge in [0.25, 0.3) is 0 Å². The molecule has 0 saturated carbocycles. The van der Waals surface area contributed by atoms with E-state index in [9.17, 15) is 53.1 Å². The Kier molecular flexibility index (Phi) is 38.7. The van der Waals surface area contributed by atoms with Crippen LogP contribution in [-0.4, -0.2) is 151 Å². The van der Waals surface area contributed by atoms with Crippen LogP contribution < -0.4 is 76.5 Å². The second-order valence-corrected chi connectivity index (χ2v) is 24.0. The number of hydrogen-bond donors (Lipinski definition) is 15. The summed E-state index contributed by atoms with van der Waals surface area (Å²) < 4.78 is 0. The van der Waals surface area contributed by atoms with Crippen LogP contribution in [-0.2, 0) is 47.9 Å². The number of carbonyl (C=O) groups excluding carboxylic acids is 9. The molecule has 0 aliphatic rings. The number of amides is 9. The van der Waals surface area contributed by atoms with Crippen LogP contribution in [0.3, 0.4) is 0 Å². The predicted molar refractivity (Wildman–Crippen MR) is 317 cm³/mol. The van der Waals surface area contributed by atoms with Crippen LogP contribution in [0.15, 0.2) is 0 Å². The molecule has 0 fully saturated rings. The molecule has 0 spiro atoms. The molecular weight excluding hydrogens is 1060 g/mol. The summed E-state index contributed by atoms with van der Waals surface area (Å²) in [7, 11) is 0. The molecule has 9 amide bonds. The first kappa shape index (κ1) is 76.5. The Morgan fingerprint density at radius 3 is 0.817 bits per heavy atom. The predicted octanol–water partition coefficient (Wildman–Crippen LogP) is 0.384. The number of nitrogens with one attached hydrogen (secondary N) is 9. The summed E-state index contributed by atoms with van der Waals surface area (Å²) >= 11 is 0. The van der Waals surface area contributed by atoms with E-state index in [2.05, 4.69) is 47.9 Å². The maximum Gasteiger partial charge on any atom is 0.326 e. The van der Waals surface area contributed by atoms with E-state index in [1.54, 1.807) is 41.5 Å². The summed E-state index contributed by atoms with van der Waals surface area (Å²) in [4.78, 5) is 138. The monoisotopic (exact) mass is 1170 g/mol. The van der Waals surface area contributed by atoms with Crippen molar-refractivity contribution in [1.82, 2.24) is 47.9 Å². The summed E-state index contributed by atoms with van der Waals surface area (Å²) in [6.45, 7) is 22.7. The Hall–Kier alpha value is -5.50. The fourth-order valence-corrected chi connectivity index (χ4v) is 9.00. The normalized spacial score (nSPS) is 15.3. The van der Waals surface area contributed by atoms with Crippen LogP contribution in [0.25, 0.3) is 0 Å². The van der Waals surface area contributed by atoms with E-state index < -0.39 is 131 Å². The number of hydrogen-bond acceptors (Lipinski definition) is 15. The van der Waals surface area contributed by atoms with E-state index in [1.807, 2.05) is 41.5 Å². The quantitative estimate of drug-likeness (QED) is 0.0367. The van der Waals surface area contributed by atoms with Crippen LogP contribution >= 0.6 is 0 Å². The fourth-order valence-electron chi connectivity index (χ4n) is 9.00. The Bertz CT molecular complexity index is 1970. The molecule has 0 aliphatic carbocycles. The topological polar surface area (TPSA) is 429 Å². The molecule has 0 radical (unpaired) electrons. The van der Waals surface area contributed by atoms with Crippen molar-refractivity contribution >= 4 is 59.1 Å². The molecule has 0 rings (SSSR count). The minimum Gasteiger partial charge on any atom is -0.480 e. The maximum absolute atomic E-state index is 14.4. The van der Waals surface area contributed by atoms with Crippen LogP contribution in [0.2, 0.25) is 0 Å². The van der Waals surface area contributed by atoms with Crippen LogP contribution in [0, 0.1) is 35.5 Å². The van der Waals surface area contributed by atoms with Gasteiger partial charge >= 0.3 is 5.97 Å². The van der Waals surface area contributed by atoms with Crippen molar-refractivity contribution in [2.45, 2.75) is 240 Å². The van der Waals surface area contributed by atoms with Crippen molar-refractivity contribution in [2.75, 3.05) is 26.2 Å². The highest BCUT2D eigenvalue weighted by Crippen LogP contribution is 2.15. The first-order chi connectivity index (χ1) is 38.4. The lowest BCUT2D eigenvalue weighted by atomic mass is 9.98. The maximum atomic E-state index is 14.4. The molecule has 0 aromatic heterocycles. The van der Waals surface area contributed by atoms with E-state index in [0.29, 0.717) is 84.0 Å². The van der Waals surface area contributed by atoms with Gasteiger partial charge in [-0.25, -0.2) is 4.79 Å². The lowest BCUT2D eigenvalue weighted by molar-refractivity contribution is -0.143. The highest BCUT2D eigenvalue weighted by molar-refractivity contribution is 5.98. The van der Waals surface area contributed by atoms with Gasteiger partial charge in [0, 0.05) is 0 Å². The molecular formula is C57H110N14O11. The Morgan fingerprint density at radius 2 is 0.537 bits per heavy atom. The smallest absolute Gasteiger partial charge is 0.326 e. The first-order valence-electron chi connectivity index (χ1n) is 30.0. The molecule has 0 saturated heterocycles. The minimum atomic E-state index is -1.23. The zero-order chi connectivity index (χ0) is 62.8. The van der Waals surface area contributed by atoms with Gasteiger partial charge in [0.05, 0.1) is 6.04 Å². The van der Waals surface area contributed by atoms with Crippen molar-refractivity contribution in [2.24, 2.45) is 64.2 Å². The van der Waals surface area contributed by atoms with Gasteiger partial charge in [0.2, 0.25) is 53.2 Å². The molecule has 82 heavy (non-hydrogen) atoms. The molecule has 10 atom stereocenters. The number of carboxylic acid groups (broad SMARTS) is 1. The van der Waals surface area contributed by atoms with Crippen molar-refractivity contribution in [3.8, 4) is 0 Å². The van der Waals surface area contributed by atoms with E-state index in [4.69, 9.17) is 28.7 Å². The molecule has 0 aromatic rings. The second kappa shape index (κ2) is 41.5. The molecule has 474 valence electrons. The van der Waals surface area contributed by atoms with Crippen molar-refractivity contribution in [3.63, 3.8) is 0 Å². The number of unbranched alkanes of at least 4 members (excludes halogenated alkanes) is 4. The molecule has 0 aliphatic heterocycles. The first-order valence-corrected chi connectivity index (χ1v) is 30.0. The lowest BCUT2D eigenvalue weighted by Gasteiger charge is -2.30. The fraction of sp³-hybridized carbons (Fsp3) is 0.825. The van der Waals surface area contributed by atoms with Gasteiger partial charge in [-0.05, 0) is 152 Å². The summed E-state index contributed by atoms with van der Waals surface area (Å²) in [6, 6.07) is -11.4. The van der Waals surface area contributed by atoms with Gasteiger partial charge in [-0.1, -0.05) is 89.5 Å². The Balaban J connectivity index is 6.74. The van der Waals surface area contributed by atoms with Crippen molar-refractivity contribution < 1.29 is 53.1 Å². The van der Waals surface area contributed by atoms with Gasteiger partial charge in [-0.2, -0.15) is 0 Å². The third kappa shape index (κ3) is 30.7. The third-order valence-corrected chi connectivity index (χ3v) is 13.8. The van der Waals surface area contributed by atoms with Gasteiger partial charge < -0.3 is 81.6 Å². The Labute approximate surface area is 488 Å². The number of nitrogens with two attached hydrogens (primary N) is 5. The molecule has 25 heteroatoms. The van der Waals surface area contributed by atoms with E-state index in [-0.39, 0.29) is 62.2 Å². The molecule has 0 bridgehead atoms.